The van der Waals surface area contributed by atoms with Crippen molar-refractivity contribution in [3.8, 4) is 0 Å². The highest BCUT2D eigenvalue weighted by atomic mass is 16.4. The van der Waals surface area contributed by atoms with Crippen molar-refractivity contribution >= 4 is 11.9 Å². The van der Waals surface area contributed by atoms with Gasteiger partial charge < -0.3 is 14.8 Å². The number of carboxylic acid groups (broad SMARTS) is 1. The fourth-order valence-corrected chi connectivity index (χ4v) is 1.79. The van der Waals surface area contributed by atoms with Crippen LogP contribution in [0.15, 0.2) is 22.8 Å². The molecule has 3 N–H and O–H groups in total. The Hall–Kier alpha value is -1.82. The minimum Gasteiger partial charge on any atom is -0.480 e. The van der Waals surface area contributed by atoms with E-state index in [2.05, 4.69) is 10.6 Å². The molecule has 0 aliphatic heterocycles. The molecule has 0 saturated heterocycles. The van der Waals surface area contributed by atoms with E-state index in [9.17, 15) is 14.7 Å². The Morgan fingerprint density at radius 1 is 1.37 bits per heavy atom. The second-order valence-electron chi connectivity index (χ2n) is 4.30. The van der Waals surface area contributed by atoms with Crippen LogP contribution in [0.1, 0.15) is 32.4 Å². The maximum Gasteiger partial charge on any atom is 0.323 e. The summed E-state index contributed by atoms with van der Waals surface area (Å²) in [5.74, 6) is -0.538. The summed E-state index contributed by atoms with van der Waals surface area (Å²) in [5, 5.41) is 14.7. The molecule has 106 valence electrons. The van der Waals surface area contributed by atoms with Crippen LogP contribution in [0.2, 0.25) is 0 Å². The first-order valence-corrected chi connectivity index (χ1v) is 6.31. The molecule has 0 aromatic carbocycles. The molecule has 0 unspecified atom stereocenters. The Labute approximate surface area is 112 Å². The SMILES string of the molecule is CCC(CC)(NCC(=O)NCc1ccco1)C(=O)O. The highest BCUT2D eigenvalue weighted by Gasteiger charge is 2.34. The molecule has 1 aromatic heterocycles. The van der Waals surface area contributed by atoms with Crippen molar-refractivity contribution < 1.29 is 19.1 Å². The summed E-state index contributed by atoms with van der Waals surface area (Å²) < 4.78 is 5.08. The monoisotopic (exact) mass is 268 g/mol. The van der Waals surface area contributed by atoms with Gasteiger partial charge in [0.1, 0.15) is 11.3 Å². The third-order valence-corrected chi connectivity index (χ3v) is 3.24. The number of carbonyl (C=O) groups is 2. The Balaban J connectivity index is 2.42. The van der Waals surface area contributed by atoms with Crippen LogP contribution < -0.4 is 10.6 Å². The van der Waals surface area contributed by atoms with Gasteiger partial charge in [0.05, 0.1) is 19.4 Å². The van der Waals surface area contributed by atoms with Gasteiger partial charge in [0.25, 0.3) is 0 Å². The fraction of sp³-hybridized carbons (Fsp3) is 0.538. The van der Waals surface area contributed by atoms with Gasteiger partial charge in [0, 0.05) is 0 Å². The van der Waals surface area contributed by atoms with Gasteiger partial charge in [-0.2, -0.15) is 0 Å². The number of furan rings is 1. The number of carboxylic acids is 1. The topological polar surface area (TPSA) is 91.6 Å². The van der Waals surface area contributed by atoms with Crippen molar-refractivity contribution in [1.82, 2.24) is 10.6 Å². The molecule has 0 fully saturated rings. The maximum atomic E-state index is 11.6. The molecule has 0 bridgehead atoms. The number of carbonyl (C=O) groups excluding carboxylic acids is 1. The molecule has 1 aromatic rings. The van der Waals surface area contributed by atoms with E-state index in [1.165, 1.54) is 6.26 Å². The molecule has 0 spiro atoms. The summed E-state index contributed by atoms with van der Waals surface area (Å²) in [7, 11) is 0. The van der Waals surface area contributed by atoms with Gasteiger partial charge in [-0.15, -0.1) is 0 Å². The first-order valence-electron chi connectivity index (χ1n) is 6.31. The minimum atomic E-state index is -1.04. The second kappa shape index (κ2) is 6.94. The van der Waals surface area contributed by atoms with Crippen molar-refractivity contribution in [3.05, 3.63) is 24.2 Å². The van der Waals surface area contributed by atoms with Crippen LogP contribution >= 0.6 is 0 Å². The zero-order chi connectivity index (χ0) is 14.3. The van der Waals surface area contributed by atoms with Crippen molar-refractivity contribution in [2.45, 2.75) is 38.8 Å². The summed E-state index contributed by atoms with van der Waals surface area (Å²) in [6.07, 6.45) is 2.37. The van der Waals surface area contributed by atoms with Crippen LogP contribution in [0.5, 0.6) is 0 Å². The normalized spacial score (nSPS) is 11.3. The van der Waals surface area contributed by atoms with Gasteiger partial charge >= 0.3 is 5.97 Å². The highest BCUT2D eigenvalue weighted by Crippen LogP contribution is 2.14. The van der Waals surface area contributed by atoms with E-state index in [4.69, 9.17) is 4.42 Å². The number of rotatable bonds is 8. The zero-order valence-corrected chi connectivity index (χ0v) is 11.2. The van der Waals surface area contributed by atoms with Crippen molar-refractivity contribution in [2.75, 3.05) is 6.54 Å². The van der Waals surface area contributed by atoms with Gasteiger partial charge in [0.2, 0.25) is 5.91 Å². The second-order valence-corrected chi connectivity index (χ2v) is 4.30. The lowest BCUT2D eigenvalue weighted by atomic mass is 9.93. The largest absolute Gasteiger partial charge is 0.480 e. The number of amides is 1. The lowest BCUT2D eigenvalue weighted by Crippen LogP contribution is -2.54. The minimum absolute atomic E-state index is 0.0330. The molecule has 1 rings (SSSR count). The summed E-state index contributed by atoms with van der Waals surface area (Å²) in [5.41, 5.74) is -1.04. The third kappa shape index (κ3) is 4.10. The molecular formula is C13H20N2O4. The highest BCUT2D eigenvalue weighted by molar-refractivity contribution is 5.82. The molecule has 1 heterocycles. The van der Waals surface area contributed by atoms with Crippen molar-refractivity contribution in [3.63, 3.8) is 0 Å². The summed E-state index contributed by atoms with van der Waals surface area (Å²) in [6, 6.07) is 3.50. The van der Waals surface area contributed by atoms with Gasteiger partial charge in [-0.1, -0.05) is 13.8 Å². The fourth-order valence-electron chi connectivity index (χ4n) is 1.79. The Kier molecular flexibility index (Phi) is 5.57. The summed E-state index contributed by atoms with van der Waals surface area (Å²) >= 11 is 0. The van der Waals surface area contributed by atoms with Gasteiger partial charge in [-0.05, 0) is 25.0 Å². The molecule has 19 heavy (non-hydrogen) atoms. The average molecular weight is 268 g/mol. The van der Waals surface area contributed by atoms with E-state index in [1.54, 1.807) is 26.0 Å². The van der Waals surface area contributed by atoms with Crippen LogP contribution in [0.25, 0.3) is 0 Å². The van der Waals surface area contributed by atoms with Gasteiger partial charge in [-0.3, -0.25) is 14.9 Å². The zero-order valence-electron chi connectivity index (χ0n) is 11.2. The van der Waals surface area contributed by atoms with Crippen molar-refractivity contribution in [1.29, 1.82) is 0 Å². The van der Waals surface area contributed by atoms with Crippen LogP contribution in [-0.4, -0.2) is 29.1 Å². The van der Waals surface area contributed by atoms with E-state index in [1.807, 2.05) is 0 Å². The third-order valence-electron chi connectivity index (χ3n) is 3.24. The van der Waals surface area contributed by atoms with Gasteiger partial charge in [-0.25, -0.2) is 0 Å². The predicted octanol–water partition coefficient (Wildman–Crippen LogP) is 1.13. The molecule has 6 nitrogen and oxygen atoms in total. The molecule has 0 saturated carbocycles. The molecular weight excluding hydrogens is 248 g/mol. The van der Waals surface area contributed by atoms with E-state index < -0.39 is 11.5 Å². The maximum absolute atomic E-state index is 11.6. The van der Waals surface area contributed by atoms with E-state index in [0.29, 0.717) is 25.1 Å². The summed E-state index contributed by atoms with van der Waals surface area (Å²) in [4.78, 5) is 22.9. The Morgan fingerprint density at radius 3 is 2.53 bits per heavy atom. The van der Waals surface area contributed by atoms with E-state index in [0.717, 1.165) is 0 Å². The quantitative estimate of drug-likeness (QED) is 0.657. The van der Waals surface area contributed by atoms with Crippen LogP contribution in [0.4, 0.5) is 0 Å². The van der Waals surface area contributed by atoms with Crippen LogP contribution in [-0.2, 0) is 16.1 Å². The molecule has 0 radical (unpaired) electrons. The smallest absolute Gasteiger partial charge is 0.323 e. The molecule has 6 heteroatoms. The Morgan fingerprint density at radius 2 is 2.05 bits per heavy atom. The standard InChI is InChI=1S/C13H20N2O4/c1-3-13(4-2,12(17)18)15-9-11(16)14-8-10-6-5-7-19-10/h5-7,15H,3-4,8-9H2,1-2H3,(H,14,16)(H,17,18). The van der Waals surface area contributed by atoms with E-state index in [-0.39, 0.29) is 12.5 Å². The first kappa shape index (κ1) is 15.2. The molecule has 0 aliphatic rings. The van der Waals surface area contributed by atoms with Crippen molar-refractivity contribution in [2.24, 2.45) is 0 Å². The molecule has 0 aliphatic carbocycles. The number of nitrogens with one attached hydrogen (secondary N) is 2. The lowest BCUT2D eigenvalue weighted by Gasteiger charge is -2.27. The molecule has 1 amide bonds. The Bertz CT molecular complexity index is 410. The first-order chi connectivity index (χ1) is 9.04. The molecule has 0 atom stereocenters. The van der Waals surface area contributed by atoms with Gasteiger partial charge in [0.15, 0.2) is 0 Å². The van der Waals surface area contributed by atoms with Crippen LogP contribution in [0, 0.1) is 0 Å². The summed E-state index contributed by atoms with van der Waals surface area (Å²) in [6.45, 7) is 3.83. The van der Waals surface area contributed by atoms with Crippen LogP contribution in [0.3, 0.4) is 0 Å². The number of aliphatic carboxylic acids is 1. The predicted molar refractivity (Wildman–Crippen MR) is 69.5 cm³/mol. The average Bonchev–Trinajstić information content (AvgIpc) is 2.91. The van der Waals surface area contributed by atoms with E-state index >= 15 is 0 Å². The number of hydrogen-bond acceptors (Lipinski definition) is 4. The number of hydrogen-bond donors (Lipinski definition) is 3. The lowest BCUT2D eigenvalue weighted by molar-refractivity contribution is -0.145.